The molecule has 0 saturated carbocycles. The second kappa shape index (κ2) is 46.9. The van der Waals surface area contributed by atoms with Crippen LogP contribution in [0.4, 0.5) is 9.59 Å². The molecular weight excluding hydrogens is 1470 g/mol. The molecule has 0 aromatic carbocycles. The zero-order chi connectivity index (χ0) is 84.8. The number of nitrogens with one attached hydrogen (secondary N) is 1. The molecule has 32 nitrogen and oxygen atoms in total. The number of ether oxygens (including phenoxy) is 12. The van der Waals surface area contributed by atoms with Gasteiger partial charge in [-0.1, -0.05) is 65.6 Å². The van der Waals surface area contributed by atoms with Crippen molar-refractivity contribution in [1.29, 1.82) is 5.26 Å². The number of aldehydes is 1. The van der Waals surface area contributed by atoms with Crippen LogP contribution < -0.4 is 40.6 Å². The van der Waals surface area contributed by atoms with Gasteiger partial charge in [0, 0.05) is 140 Å². The Hall–Kier alpha value is -5.08. The molecule has 4 saturated heterocycles. The number of nitrogens with zero attached hydrogens (tertiary/aromatic N) is 11. The Morgan fingerprint density at radius 3 is 1.35 bits per heavy atom. The number of nitrogens with two attached hydrogens (primary N) is 1. The largest absolute Gasteiger partial charge is 1.00 e. The number of unbranched alkanes of at least 4 members (excludes halogenated alkanes) is 2. The van der Waals surface area contributed by atoms with Crippen molar-refractivity contribution in [3.63, 3.8) is 0 Å². The van der Waals surface area contributed by atoms with Gasteiger partial charge in [0.05, 0.1) is 71.1 Å². The van der Waals surface area contributed by atoms with Crippen LogP contribution in [0, 0.1) is 47.3 Å². The summed E-state index contributed by atoms with van der Waals surface area (Å²) in [6.45, 7) is 48.6. The number of amides is 2. The fraction of sp³-hybridized carbons (Fsp3) is 0.873. The third-order valence-corrected chi connectivity index (χ3v) is 22.9. The third kappa shape index (κ3) is 27.8. The number of esters is 2. The van der Waals surface area contributed by atoms with E-state index in [4.69, 9.17) is 85.5 Å². The Bertz CT molecular complexity index is 3200. The Balaban J connectivity index is 0.000000921. The smallest absolute Gasteiger partial charge is 0.512 e. The maximum Gasteiger partial charge on any atom is 1.00 e. The maximum absolute atomic E-state index is 13.2. The summed E-state index contributed by atoms with van der Waals surface area (Å²) in [6.07, 6.45) is 2.52. The summed E-state index contributed by atoms with van der Waals surface area (Å²) in [5.74, 6) is -2.94. The second-order valence-corrected chi connectivity index (χ2v) is 33.6. The second-order valence-electron chi connectivity index (χ2n) is 33.6. The number of azide groups is 2. The van der Waals surface area contributed by atoms with Crippen molar-refractivity contribution in [2.75, 3.05) is 75.1 Å². The Labute approximate surface area is 698 Å². The first-order chi connectivity index (χ1) is 51.7. The normalized spacial score (nSPS) is 29.7. The van der Waals surface area contributed by atoms with Crippen LogP contribution in [-0.4, -0.2) is 263 Å². The molecule has 6 unspecified atom stereocenters. The molecule has 34 heteroatoms. The van der Waals surface area contributed by atoms with Gasteiger partial charge in [-0.25, -0.2) is 19.2 Å². The molecule has 0 aromatic rings. The number of cyclic esters (lactones) is 4. The minimum Gasteiger partial charge on any atom is -0.512 e. The average molecular weight is 1610 g/mol. The summed E-state index contributed by atoms with van der Waals surface area (Å²) in [7, 11) is 11.6. The van der Waals surface area contributed by atoms with E-state index < -0.39 is 107 Å². The number of aliphatic hydroxyl groups is 2. The Kier molecular flexibility index (Phi) is 44.0. The van der Waals surface area contributed by atoms with E-state index in [2.05, 4.69) is 98.0 Å². The predicted octanol–water partition coefficient (Wildman–Crippen LogP) is 8.56. The summed E-state index contributed by atoms with van der Waals surface area (Å²) >= 11 is 0. The van der Waals surface area contributed by atoms with Gasteiger partial charge >= 0.3 is 53.7 Å². The molecule has 6 rings (SSSR count). The van der Waals surface area contributed by atoms with Crippen molar-refractivity contribution in [3.05, 3.63) is 50.1 Å². The van der Waals surface area contributed by atoms with Gasteiger partial charge in [-0.15, -0.1) is 0 Å². The minimum absolute atomic E-state index is 0. The van der Waals surface area contributed by atoms with Crippen molar-refractivity contribution in [3.8, 4) is 0 Å². The number of hydrogen-bond donors (Lipinski definition) is 4. The van der Waals surface area contributed by atoms with Crippen molar-refractivity contribution >= 4 is 38.8 Å². The summed E-state index contributed by atoms with van der Waals surface area (Å²) < 4.78 is 73.8. The molecule has 0 bridgehead atoms. The summed E-state index contributed by atoms with van der Waals surface area (Å²) in [5, 5.41) is 38.3. The van der Waals surface area contributed by atoms with Crippen molar-refractivity contribution in [2.24, 2.45) is 51.5 Å². The number of rotatable bonds is 38. The first-order valence-corrected chi connectivity index (χ1v) is 39.5. The van der Waals surface area contributed by atoms with E-state index in [0.29, 0.717) is 107 Å². The molecule has 0 aliphatic carbocycles. The molecule has 24 atom stereocenters. The van der Waals surface area contributed by atoms with Crippen LogP contribution in [0.2, 0.25) is 0 Å². The molecule has 6 heterocycles. The van der Waals surface area contributed by atoms with Crippen LogP contribution in [0.25, 0.3) is 20.9 Å². The van der Waals surface area contributed by atoms with Gasteiger partial charge in [-0.2, -0.15) is 0 Å². The van der Waals surface area contributed by atoms with Gasteiger partial charge in [0.2, 0.25) is 11.6 Å². The van der Waals surface area contributed by atoms with Crippen molar-refractivity contribution in [2.45, 2.75) is 336 Å². The van der Waals surface area contributed by atoms with Crippen LogP contribution in [0.1, 0.15) is 217 Å². The molecular formula is C79H140BN13NaO19. The molecule has 0 aromatic heterocycles. The average Bonchev–Trinajstić information content (AvgIpc) is 1.28. The van der Waals surface area contributed by atoms with Gasteiger partial charge in [-0.3, -0.25) is 9.80 Å². The summed E-state index contributed by atoms with van der Waals surface area (Å²) in [6, 6.07) is -0.871. The third-order valence-electron chi connectivity index (χ3n) is 22.9. The van der Waals surface area contributed by atoms with Crippen molar-refractivity contribution in [1.82, 2.24) is 24.9 Å². The first kappa shape index (κ1) is 106. The molecule has 6 aliphatic heterocycles. The van der Waals surface area contributed by atoms with Gasteiger partial charge in [0.25, 0.3) is 0 Å². The zero-order valence-electron chi connectivity index (χ0n) is 73.6. The molecule has 5 N–H and O–H groups in total. The Morgan fingerprint density at radius 1 is 0.655 bits per heavy atom. The van der Waals surface area contributed by atoms with Gasteiger partial charge < -0.3 is 105 Å². The number of methoxy groups -OCH3 is 2. The first-order valence-electron chi connectivity index (χ1n) is 39.5. The van der Waals surface area contributed by atoms with E-state index in [0.717, 1.165) is 19.1 Å². The number of aliphatic hydroxyl groups excluding tert-OH is 2. The van der Waals surface area contributed by atoms with E-state index in [-0.39, 0.29) is 110 Å². The zero-order valence-corrected chi connectivity index (χ0v) is 75.6. The van der Waals surface area contributed by atoms with Crippen molar-refractivity contribution < 1.29 is 121 Å². The molecule has 113 heavy (non-hydrogen) atoms. The van der Waals surface area contributed by atoms with E-state index >= 15 is 0 Å². The Morgan fingerprint density at radius 2 is 1.02 bits per heavy atom. The summed E-state index contributed by atoms with van der Waals surface area (Å²) in [4.78, 5) is 75.7. The molecule has 0 spiro atoms. The molecule has 2 amide bonds. The molecule has 4 fully saturated rings. The number of carbonyl (C=O) groups excluding carboxylic acids is 5. The predicted molar refractivity (Wildman–Crippen MR) is 423 cm³/mol. The minimum atomic E-state index is -1.15. The van der Waals surface area contributed by atoms with E-state index in [1.807, 2.05) is 55.4 Å². The fourth-order valence-electron chi connectivity index (χ4n) is 16.9. The van der Waals surface area contributed by atoms with Gasteiger partial charge in [0.1, 0.15) is 17.8 Å². The van der Waals surface area contributed by atoms with Crippen LogP contribution in [0.5, 0.6) is 0 Å². The molecule has 3 radical (unpaired) electrons. The monoisotopic (exact) mass is 1610 g/mol. The number of hydrogen-bond acceptors (Lipinski definition) is 26. The van der Waals surface area contributed by atoms with E-state index in [1.165, 1.54) is 0 Å². The van der Waals surface area contributed by atoms with Crippen LogP contribution in [-0.2, 0) is 71.2 Å². The summed E-state index contributed by atoms with van der Waals surface area (Å²) in [5.41, 5.74) is 19.8. The van der Waals surface area contributed by atoms with E-state index in [1.54, 1.807) is 86.3 Å². The van der Waals surface area contributed by atoms with E-state index in [9.17, 15) is 34.2 Å². The number of carbonyl (C=O) groups is 5. The standard InChI is InChI=1S/C39H70N6O9.C26H45NO7.C13H25N5O3.CN.B.Na/c1-15-30(46)39(11)32(45(36(48)54-39)19-17-16-18-42-43-40)28(7)41-22-23(2)21-38(10,49-14)33(26(5)31-27(6)34(47)53-37(8,9)52-31)51-35-25(4)29(44(12)13)20-24(3)50-35;1-15(14-28)13-26(8,30-11)22(18(4)21-19(5)23(29)34-25(6,7)33-21)32-24-17(3)20(27(9)10)12-16(2)31-24;1-4-10(19)13(3)11(9(2)14)18(12(20)21-13)8-6-5-7-16-17-15;1-2;;/h23-26,28-30,32-33,35,41,46H,15-22H2,1-14H3;14-18,20,22,24H,12-13H2,1-11H3;9-11,19H,4-8,14H2,1-3H3;;;/q;;;-1;;+1/t23-,24?,25?,26+,28-,29?,30-,32-,33-,35+,38-,39-;15-,16?,17?,18+,20?,22-,24+,26-;9-,10-,11-,13-;;;/m111.../s1. The van der Waals surface area contributed by atoms with Crippen LogP contribution in [0.15, 0.2) is 32.9 Å². The molecule has 639 valence electrons. The quantitative estimate of drug-likeness (QED) is 0.00517. The van der Waals surface area contributed by atoms with Crippen LogP contribution in [0.3, 0.4) is 0 Å². The molecule has 6 aliphatic rings. The SMILES string of the molecule is CC[C@@H](O)[C@@]1(C)OC(=O)N(CCCCN=[N+]=[N-])[C@@H]1[C@@H](C)N.CC[C@@H](O)[C@@]1(C)OC(=O)N(CCCCN=[N+]=[N-])[C@@H]1[C@@H](C)NC[C@H](C)C[C@@](C)(OC)[C@H](O[C@@H]1OC(C)CC(N(C)C)C1C)[C@@H](C)C1=C(C)C(=O)OC(C)(C)O1.CO[C@](C)(C[C@@H](C)C=O)[C@H](O[C@@H]1OC(C)CC(N(C)C)C1C)[C@@H](C)C1=C(C)C(=O)OC(C)(C)O1.[B].[C-]#N.[Na+]. The van der Waals surface area contributed by atoms with Crippen LogP contribution >= 0.6 is 0 Å². The van der Waals surface area contributed by atoms with Gasteiger partial charge in [0.15, 0.2) is 23.8 Å². The maximum atomic E-state index is 13.2. The topological polar surface area (TPSA) is 409 Å². The fourth-order valence-corrected chi connectivity index (χ4v) is 16.9. The van der Waals surface area contributed by atoms with Gasteiger partial charge in [-0.05, 0) is 185 Å².